The Morgan fingerprint density at radius 3 is 0.984 bits per heavy atom. The average molecular weight is 1790 g/mol. The number of azide groups is 1. The number of fused-ring (bicyclic) bond motifs is 32. The molecule has 16 heteroatoms. The average Bonchev–Trinajstić information content (AvgIpc) is 1.62. The molecule has 0 amide bonds. The molecule has 0 radical (unpaired) electrons. The van der Waals surface area contributed by atoms with Crippen molar-refractivity contribution in [3.05, 3.63) is 28.3 Å². The summed E-state index contributed by atoms with van der Waals surface area (Å²) in [4.78, 5) is 3.13. The molecule has 16 saturated carbocycles. The SMILES string of the molecule is C=C=C1CCC2C3C(CC[C@]12C)[C@@]1(C)CC[C@@H](O[Si](C)(C)C(C)(C)C)CC1[C@H]1OC(C)(C)O[C@H]31.CC#C[C@H]1CCC2C3C(CC[C@@]21C)[C@@]1(C)CC[C@@H](O)CC1[C@H]1OC(C)(C)O[C@H]31.CC#C[C@H]1CCC2C3C(CC[C@@]21C)[C@@]1(C)CC[C@@H](O[Si](C)(C)C(C)(C)C)CC1[C@H]1OC(C)(C)O[C@H]31.CC#C[C@H]1CCC2C3C(CC[C@@]21C)[C@@]1(C)CC[C@H](N=[N+]=[N-])CC1[C@H]1OC(C)(C)O[C@H]31. The molecule has 4 heterocycles. The predicted molar refractivity (Wildman–Crippen MR) is 512 cm³/mol. The molecule has 1 N–H and O–H groups in total. The molecule has 14 nitrogen and oxygen atoms in total. The van der Waals surface area contributed by atoms with E-state index in [1.807, 2.05) is 20.8 Å². The molecule has 20 rings (SSSR count). The Balaban J connectivity index is 0.000000120. The van der Waals surface area contributed by atoms with Gasteiger partial charge < -0.3 is 51.9 Å². The third-order valence-electron chi connectivity index (χ3n) is 43.7. The van der Waals surface area contributed by atoms with E-state index in [1.165, 1.54) is 128 Å². The highest BCUT2D eigenvalue weighted by molar-refractivity contribution is 6.74. The van der Waals surface area contributed by atoms with Crippen LogP contribution in [0.15, 0.2) is 23.0 Å². The number of nitrogens with zero attached hydrogens (tertiary/aromatic N) is 3. The zero-order valence-corrected chi connectivity index (χ0v) is 87.3. The molecule has 39 atom stereocenters. The lowest BCUT2D eigenvalue weighted by Crippen LogP contribution is -2.63. The smallest absolute Gasteiger partial charge is 0.192 e. The second-order valence-electron chi connectivity index (χ2n) is 53.3. The van der Waals surface area contributed by atoms with Crippen LogP contribution in [0.2, 0.25) is 36.3 Å². The highest BCUT2D eigenvalue weighted by Gasteiger charge is 2.75. The van der Waals surface area contributed by atoms with Crippen molar-refractivity contribution in [2.75, 3.05) is 0 Å². The molecule has 20 aliphatic rings. The first-order valence-electron chi connectivity index (χ1n) is 52.4. The second kappa shape index (κ2) is 33.1. The van der Waals surface area contributed by atoms with Crippen molar-refractivity contribution in [3.63, 3.8) is 0 Å². The highest BCUT2D eigenvalue weighted by Crippen LogP contribution is 2.76. The maximum Gasteiger partial charge on any atom is 0.192 e. The van der Waals surface area contributed by atoms with E-state index >= 15 is 0 Å². The van der Waals surface area contributed by atoms with Gasteiger partial charge in [0.1, 0.15) is 0 Å². The van der Waals surface area contributed by atoms with Gasteiger partial charge in [-0.1, -0.05) is 126 Å². The molecular weight excluding hydrogens is 1610 g/mol. The van der Waals surface area contributed by atoms with Crippen LogP contribution in [0.5, 0.6) is 0 Å². The number of aliphatic hydroxyl groups excluding tert-OH is 1. The lowest BCUT2D eigenvalue weighted by molar-refractivity contribution is -0.187. The van der Waals surface area contributed by atoms with Gasteiger partial charge in [0.25, 0.3) is 0 Å². The topological polar surface area (TPSA) is 161 Å². The van der Waals surface area contributed by atoms with Crippen LogP contribution in [0, 0.1) is 191 Å². The number of aliphatic hydroxyl groups is 1. The second-order valence-corrected chi connectivity index (χ2v) is 62.8. The van der Waals surface area contributed by atoms with E-state index in [4.69, 9.17) is 52.3 Å². The van der Waals surface area contributed by atoms with Crippen molar-refractivity contribution in [2.24, 2.45) is 161 Å². The summed E-state index contributed by atoms with van der Waals surface area (Å²) in [6, 6.07) is 0.0992. The third-order valence-corrected chi connectivity index (χ3v) is 52.8. The van der Waals surface area contributed by atoms with Gasteiger partial charge in [0.05, 0.1) is 54.9 Å². The fraction of sp³-hybridized carbons (Fsp3) is 0.919. The quantitative estimate of drug-likeness (QED) is 0.0696. The van der Waals surface area contributed by atoms with Crippen LogP contribution >= 0.6 is 0 Å². The number of ether oxygens (including phenoxy) is 8. The minimum absolute atomic E-state index is 0.0992. The molecule has 0 spiro atoms. The van der Waals surface area contributed by atoms with Gasteiger partial charge in [-0.05, 0) is 441 Å². The van der Waals surface area contributed by atoms with Gasteiger partial charge in [-0.2, -0.15) is 0 Å². The Bertz CT molecular complexity index is 4400. The van der Waals surface area contributed by atoms with Crippen LogP contribution < -0.4 is 0 Å². The molecule has 0 aromatic carbocycles. The number of hydrogen-bond acceptors (Lipinski definition) is 12. The van der Waals surface area contributed by atoms with E-state index in [0.717, 1.165) is 63.7 Å². The van der Waals surface area contributed by atoms with Gasteiger partial charge >= 0.3 is 0 Å². The summed E-state index contributed by atoms with van der Waals surface area (Å²) in [5, 5.41) is 15.1. The van der Waals surface area contributed by atoms with Crippen molar-refractivity contribution >= 4 is 16.6 Å². The molecular formula is C111H177N3O11Si2. The minimum atomic E-state index is -1.80. The van der Waals surface area contributed by atoms with E-state index in [9.17, 15) is 5.11 Å². The maximum atomic E-state index is 10.5. The Hall–Kier alpha value is -2.50. The van der Waals surface area contributed by atoms with Gasteiger partial charge in [0.15, 0.2) is 39.8 Å². The van der Waals surface area contributed by atoms with Crippen LogP contribution in [-0.2, 0) is 46.7 Å². The lowest BCUT2D eigenvalue weighted by Gasteiger charge is -2.63. The van der Waals surface area contributed by atoms with Crippen LogP contribution in [0.1, 0.15) is 353 Å². The van der Waals surface area contributed by atoms with E-state index in [1.54, 1.807) is 0 Å². The highest BCUT2D eigenvalue weighted by atomic mass is 28.4. The molecule has 16 aliphatic carbocycles. The minimum Gasteiger partial charge on any atom is -0.414 e. The van der Waals surface area contributed by atoms with Crippen LogP contribution in [-0.4, -0.2) is 118 Å². The summed E-state index contributed by atoms with van der Waals surface area (Å²) in [7, 11) is -3.59. The summed E-state index contributed by atoms with van der Waals surface area (Å²) < 4.78 is 68.0. The normalized spacial score (nSPS) is 51.3. The van der Waals surface area contributed by atoms with Crippen molar-refractivity contribution < 1.29 is 51.9 Å². The lowest BCUT2D eigenvalue weighted by atomic mass is 9.43. The zero-order valence-electron chi connectivity index (χ0n) is 85.3. The van der Waals surface area contributed by atoms with Gasteiger partial charge in [-0.15, -0.1) is 23.5 Å². The molecule has 16 unspecified atom stereocenters. The van der Waals surface area contributed by atoms with Crippen molar-refractivity contribution in [3.8, 4) is 35.5 Å². The fourth-order valence-corrected chi connectivity index (χ4v) is 38.3. The molecule has 4 aliphatic heterocycles. The standard InChI is InChI=1S/C31H52O3Si.C30H50O3Si.C25H37N3O2.C25H38O3/c1-11-12-20-13-14-22-25-23(16-18-30(20,22)7)31(8)17-15-21(34-35(9,10)28(2,3)4)19-24(31)26-27(25)33-29(5,6)32-26;1-11-19-12-13-21-24-22(15-17-29(19,21)7)30(8)16-14-20(33-34(9,10)27(2,3)4)18-23(30)25-26(24)32-28(5,6)31-25;1-6-7-15-8-9-17-20-18(11-13-24(15,17)4)25(5)12-10-16(27-28-26)14-19(25)21-22(20)30-23(2,3)29-21;1-6-7-15-8-9-17-20-18(11-13-24(15,17)4)25(5)12-10-16(26)14-19(25)21-22(20)28-23(2,3)27-21/h20-27H,13-19H2,1-10H3;20-26H,1,12-18H2,2-10H3;15-22H,8-14H2,1-5H3;15-22,26H,8-14H2,1-5H3/t20-,21+,22?,23?,24?,25?,26+,27+,30+,31+;20-,21?,22?,23?,24?,25-,26-,29-,30-;15-,16-,17?,18?,19?,20?,21+,22+,24+,25+;15-,16+,17?,18?,19?,20?,21+,22+,24+,25+/m0100/s1. The Morgan fingerprint density at radius 1 is 0.362 bits per heavy atom. The summed E-state index contributed by atoms with van der Waals surface area (Å²) in [6.45, 7) is 71.1. The van der Waals surface area contributed by atoms with Gasteiger partial charge in [-0.3, -0.25) is 0 Å². The van der Waals surface area contributed by atoms with E-state index in [-0.39, 0.29) is 87.3 Å². The van der Waals surface area contributed by atoms with Gasteiger partial charge in [-0.25, -0.2) is 0 Å². The van der Waals surface area contributed by atoms with Crippen LogP contribution in [0.25, 0.3) is 10.4 Å². The third kappa shape index (κ3) is 15.8. The van der Waals surface area contributed by atoms with Crippen molar-refractivity contribution in [2.45, 2.75) is 485 Å². The first-order chi connectivity index (χ1) is 59.2. The molecule has 0 bridgehead atoms. The van der Waals surface area contributed by atoms with Crippen molar-refractivity contribution in [1.29, 1.82) is 0 Å². The summed E-state index contributed by atoms with van der Waals surface area (Å²) in [6.07, 6.45) is 35.6. The van der Waals surface area contributed by atoms with Crippen molar-refractivity contribution in [1.82, 2.24) is 0 Å². The Labute approximate surface area is 773 Å². The monoisotopic (exact) mass is 1780 g/mol. The Morgan fingerprint density at radius 2 is 0.654 bits per heavy atom. The molecule has 0 aromatic rings. The first kappa shape index (κ1) is 96.2. The van der Waals surface area contributed by atoms with Crippen LogP contribution in [0.3, 0.4) is 0 Å². The number of hydrogen-bond donors (Lipinski definition) is 1. The van der Waals surface area contributed by atoms with E-state index in [0.29, 0.717) is 146 Å². The largest absolute Gasteiger partial charge is 0.414 e. The van der Waals surface area contributed by atoms with Gasteiger partial charge in [0, 0.05) is 40.9 Å². The number of rotatable bonds is 5. The van der Waals surface area contributed by atoms with E-state index in [2.05, 4.69) is 236 Å². The summed E-state index contributed by atoms with van der Waals surface area (Å²) in [5.41, 5.74) is 16.2. The predicted octanol–water partition coefficient (Wildman–Crippen LogP) is 26.5. The first-order valence-corrected chi connectivity index (χ1v) is 58.2. The molecule has 0 aromatic heterocycles. The molecule has 127 heavy (non-hydrogen) atoms. The molecule has 20 fully saturated rings. The molecule has 4 saturated heterocycles. The zero-order chi connectivity index (χ0) is 91.7. The summed E-state index contributed by atoms with van der Waals surface area (Å²) in [5.74, 6) is 29.8. The van der Waals surface area contributed by atoms with E-state index < -0.39 is 39.8 Å². The fourth-order valence-electron chi connectivity index (χ4n) is 35.5. The maximum absolute atomic E-state index is 10.5. The van der Waals surface area contributed by atoms with Gasteiger partial charge in [0.2, 0.25) is 0 Å². The van der Waals surface area contributed by atoms with Crippen LogP contribution in [0.4, 0.5) is 0 Å². The summed E-state index contributed by atoms with van der Waals surface area (Å²) >= 11 is 0. The Kier molecular flexibility index (Phi) is 25.1. The number of allylic oxidation sites excluding steroid dienone is 1. The molecule has 710 valence electrons.